The number of nitrogens with zero attached hydrogens (tertiary/aromatic N) is 4. The smallest absolute Gasteiger partial charge is 0.0999 e. The first-order valence-electron chi connectivity index (χ1n) is 13.6. The van der Waals surface area contributed by atoms with Crippen LogP contribution in [0.4, 0.5) is 0 Å². The molecule has 196 valence electrons. The van der Waals surface area contributed by atoms with Crippen molar-refractivity contribution in [2.24, 2.45) is 11.8 Å². The van der Waals surface area contributed by atoms with Gasteiger partial charge in [0.15, 0.2) is 0 Å². The highest BCUT2D eigenvalue weighted by Crippen LogP contribution is 2.42. The molecule has 0 bridgehead atoms. The molecule has 4 aromatic heterocycles. The molecule has 0 saturated heterocycles. The van der Waals surface area contributed by atoms with E-state index in [1.807, 2.05) is 23.0 Å². The van der Waals surface area contributed by atoms with E-state index in [1.54, 1.807) is 6.33 Å². The average molecular weight is 724 g/mol. The van der Waals surface area contributed by atoms with Gasteiger partial charge in [-0.15, -0.1) is 0 Å². The number of rotatable bonds is 6. The summed E-state index contributed by atoms with van der Waals surface area (Å²) in [6.45, 7) is 0. The Morgan fingerprint density at radius 1 is 0.865 bits per heavy atom. The van der Waals surface area contributed by atoms with Crippen LogP contribution < -0.4 is 0 Å². The number of aliphatic hydroxyl groups excluding tert-OH is 2. The van der Waals surface area contributed by atoms with Crippen molar-refractivity contribution >= 4 is 56.2 Å². The Bertz CT molecular complexity index is 1390. The summed E-state index contributed by atoms with van der Waals surface area (Å²) < 4.78 is 6.37. The fraction of sp³-hybridized carbons (Fsp3) is 0.517. The van der Waals surface area contributed by atoms with E-state index < -0.39 is 12.2 Å². The average Bonchev–Trinajstić information content (AvgIpc) is 3.56. The minimum absolute atomic E-state index is 0.335. The van der Waals surface area contributed by atoms with Crippen LogP contribution in [0.2, 0.25) is 0 Å². The maximum absolute atomic E-state index is 11.4. The van der Waals surface area contributed by atoms with Crippen molar-refractivity contribution in [1.29, 1.82) is 0 Å². The van der Waals surface area contributed by atoms with Gasteiger partial charge in [-0.3, -0.25) is 8.80 Å². The molecule has 0 radical (unpaired) electrons. The molecule has 2 saturated carbocycles. The van der Waals surface area contributed by atoms with Gasteiger partial charge in [0, 0.05) is 13.1 Å². The number of hydrogen-bond acceptors (Lipinski definition) is 4. The summed E-state index contributed by atoms with van der Waals surface area (Å²) in [6, 6.07) is 8.45. The lowest BCUT2D eigenvalue weighted by Gasteiger charge is -2.30. The maximum Gasteiger partial charge on any atom is 0.0999 e. The molecule has 8 heteroatoms. The second kappa shape index (κ2) is 11.1. The van der Waals surface area contributed by atoms with E-state index in [4.69, 9.17) is 4.98 Å². The summed E-state index contributed by atoms with van der Waals surface area (Å²) in [6.07, 6.45) is 15.7. The van der Waals surface area contributed by atoms with Crippen molar-refractivity contribution in [2.75, 3.05) is 0 Å². The quantitative estimate of drug-likeness (QED) is 0.207. The van der Waals surface area contributed by atoms with Crippen molar-refractivity contribution in [1.82, 2.24) is 18.8 Å². The first kappa shape index (κ1) is 26.0. The van der Waals surface area contributed by atoms with Gasteiger partial charge in [0.05, 0.1) is 59.2 Å². The number of aliphatic hydroxyl groups is 2. The van der Waals surface area contributed by atoms with Gasteiger partial charge in [-0.2, -0.15) is 0 Å². The highest BCUT2D eigenvalue weighted by atomic mass is 127. The van der Waals surface area contributed by atoms with E-state index in [9.17, 15) is 10.2 Å². The van der Waals surface area contributed by atoms with Gasteiger partial charge in [-0.1, -0.05) is 32.1 Å². The number of halogens is 2. The Kier molecular flexibility index (Phi) is 7.80. The van der Waals surface area contributed by atoms with Gasteiger partial charge in [0.25, 0.3) is 0 Å². The van der Waals surface area contributed by atoms with E-state index in [2.05, 4.69) is 72.8 Å². The lowest BCUT2D eigenvalue weighted by atomic mass is 9.77. The summed E-state index contributed by atoms with van der Waals surface area (Å²) in [5.74, 6) is 1.15. The molecule has 2 unspecified atom stereocenters. The molecule has 0 spiro atoms. The van der Waals surface area contributed by atoms with Crippen LogP contribution in [-0.2, 0) is 0 Å². The number of hydrogen-bond donors (Lipinski definition) is 2. The number of pyridine rings is 2. The van der Waals surface area contributed by atoms with Crippen LogP contribution >= 0.6 is 45.2 Å². The van der Waals surface area contributed by atoms with Crippen LogP contribution in [0.1, 0.15) is 99.4 Å². The fourth-order valence-corrected chi connectivity index (χ4v) is 8.40. The standard InChI is InChI=1S/C29H34I2N4O2/c30-22-10-9-21-15-32-16-34(21)27(22)25(36)14-18-5-4-8-20(13-18)26-24-12-11-23(31)28(35(24)17-33-26)29(37)19-6-2-1-3-7-19/h9-12,15-20,25,29,36-37H,1-8,13-14H2/t18?,20?,25-,29-/m0/s1. The molecular formula is C29H34I2N4O2. The monoisotopic (exact) mass is 724 g/mol. The summed E-state index contributed by atoms with van der Waals surface area (Å²) in [4.78, 5) is 9.22. The number of aromatic nitrogens is 4. The predicted molar refractivity (Wildman–Crippen MR) is 162 cm³/mol. The molecule has 2 fully saturated rings. The van der Waals surface area contributed by atoms with Gasteiger partial charge in [-0.25, -0.2) is 9.97 Å². The van der Waals surface area contributed by atoms with Crippen molar-refractivity contribution in [3.63, 3.8) is 0 Å². The minimum atomic E-state index is -0.522. The Labute approximate surface area is 245 Å². The molecule has 4 heterocycles. The summed E-state index contributed by atoms with van der Waals surface area (Å²) in [5.41, 5.74) is 5.25. The maximum atomic E-state index is 11.4. The third-order valence-corrected chi connectivity index (χ3v) is 10.5. The van der Waals surface area contributed by atoms with Gasteiger partial charge in [0.1, 0.15) is 0 Å². The zero-order valence-electron chi connectivity index (χ0n) is 20.9. The highest BCUT2D eigenvalue weighted by molar-refractivity contribution is 14.1. The molecule has 0 amide bonds. The van der Waals surface area contributed by atoms with Crippen LogP contribution in [0.25, 0.3) is 11.0 Å². The van der Waals surface area contributed by atoms with Gasteiger partial charge in [-0.05, 0) is 113 Å². The number of fused-ring (bicyclic) bond motifs is 2. The van der Waals surface area contributed by atoms with Crippen LogP contribution in [0.15, 0.2) is 43.1 Å². The highest BCUT2D eigenvalue weighted by Gasteiger charge is 2.31. The lowest BCUT2D eigenvalue weighted by molar-refractivity contribution is 0.0794. The molecule has 0 aliphatic heterocycles. The van der Waals surface area contributed by atoms with Crippen molar-refractivity contribution < 1.29 is 10.2 Å². The van der Waals surface area contributed by atoms with Crippen LogP contribution in [-0.4, -0.2) is 29.0 Å². The fourth-order valence-electron chi connectivity index (χ4n) is 6.84. The minimum Gasteiger partial charge on any atom is -0.387 e. The third-order valence-electron chi connectivity index (χ3n) is 8.72. The summed E-state index contributed by atoms with van der Waals surface area (Å²) in [5, 5.41) is 22.7. The largest absolute Gasteiger partial charge is 0.387 e. The SMILES string of the molecule is O[C@H](c1c(I)ccc2c(C3CCCC(C[C@H](O)c4c(I)ccc5cncn45)C3)ncn12)C1CCCCC1. The van der Waals surface area contributed by atoms with E-state index >= 15 is 0 Å². The molecule has 2 aliphatic rings. The molecule has 6 nitrogen and oxygen atoms in total. The summed E-state index contributed by atoms with van der Waals surface area (Å²) >= 11 is 4.69. The number of imidazole rings is 2. The second-order valence-corrected chi connectivity index (χ2v) is 13.4. The zero-order valence-corrected chi connectivity index (χ0v) is 25.3. The second-order valence-electron chi connectivity index (χ2n) is 11.0. The molecule has 0 aromatic carbocycles. The van der Waals surface area contributed by atoms with Gasteiger partial charge >= 0.3 is 0 Å². The lowest BCUT2D eigenvalue weighted by Crippen LogP contribution is -2.20. The molecule has 6 rings (SSSR count). The molecule has 2 aliphatic carbocycles. The molecule has 4 atom stereocenters. The van der Waals surface area contributed by atoms with Crippen LogP contribution in [0.5, 0.6) is 0 Å². The Morgan fingerprint density at radius 3 is 2.49 bits per heavy atom. The molecular weight excluding hydrogens is 690 g/mol. The topological polar surface area (TPSA) is 75.1 Å². The molecule has 4 aromatic rings. The third kappa shape index (κ3) is 5.07. The van der Waals surface area contributed by atoms with E-state index in [0.29, 0.717) is 17.8 Å². The van der Waals surface area contributed by atoms with Crippen molar-refractivity contribution in [3.8, 4) is 0 Å². The van der Waals surface area contributed by atoms with Crippen LogP contribution in [0.3, 0.4) is 0 Å². The molecule has 37 heavy (non-hydrogen) atoms. The van der Waals surface area contributed by atoms with Crippen molar-refractivity contribution in [3.05, 3.63) is 67.3 Å². The van der Waals surface area contributed by atoms with Crippen molar-refractivity contribution in [2.45, 2.75) is 82.3 Å². The Morgan fingerprint density at radius 2 is 1.65 bits per heavy atom. The van der Waals surface area contributed by atoms with Gasteiger partial charge in [0.2, 0.25) is 0 Å². The first-order chi connectivity index (χ1) is 18.0. The normalized spacial score (nSPS) is 23.0. The van der Waals surface area contributed by atoms with E-state index in [1.165, 1.54) is 19.3 Å². The van der Waals surface area contributed by atoms with Gasteiger partial charge < -0.3 is 10.2 Å². The Balaban J connectivity index is 1.23. The summed E-state index contributed by atoms with van der Waals surface area (Å²) in [7, 11) is 0. The molecule has 2 N–H and O–H groups in total. The van der Waals surface area contributed by atoms with Crippen LogP contribution in [0, 0.1) is 19.0 Å². The predicted octanol–water partition coefficient (Wildman–Crippen LogP) is 7.20. The van der Waals surface area contributed by atoms with E-state index in [0.717, 1.165) is 80.2 Å². The Hall–Kier alpha value is -1.24. The zero-order chi connectivity index (χ0) is 25.5. The van der Waals surface area contributed by atoms with E-state index in [-0.39, 0.29) is 0 Å². The first-order valence-corrected chi connectivity index (χ1v) is 15.8.